The zero-order valence-electron chi connectivity index (χ0n) is 7.29. The molecular weight excluding hydrogens is 244 g/mol. The van der Waals surface area contributed by atoms with Gasteiger partial charge in [0.05, 0.1) is 0 Å². The van der Waals surface area contributed by atoms with E-state index in [1.165, 1.54) is 0 Å². The molecule has 0 aromatic heterocycles. The van der Waals surface area contributed by atoms with E-state index in [0.717, 1.165) is 26.2 Å². The standard InChI is InChI=1S/C6H13N3S2.Zn/c1-8(6(10)11)9-4-2-7-3-5-9;/h7H,2-5H2,1H3,(H,10,11);. The Kier molecular flexibility index (Phi) is 6.68. The summed E-state index contributed by atoms with van der Waals surface area (Å²) in [4.78, 5) is 0. The van der Waals surface area contributed by atoms with E-state index < -0.39 is 0 Å². The van der Waals surface area contributed by atoms with Crippen LogP contribution in [0.4, 0.5) is 0 Å². The van der Waals surface area contributed by atoms with Gasteiger partial charge in [-0.1, -0.05) is 12.2 Å². The van der Waals surface area contributed by atoms with Crippen LogP contribution in [-0.4, -0.2) is 47.6 Å². The first kappa shape index (κ1) is 12.8. The molecule has 1 aliphatic rings. The van der Waals surface area contributed by atoms with Crippen LogP contribution in [0.25, 0.3) is 0 Å². The summed E-state index contributed by atoms with van der Waals surface area (Å²) in [6, 6.07) is 0. The van der Waals surface area contributed by atoms with Crippen molar-refractivity contribution in [2.24, 2.45) is 0 Å². The average molecular weight is 257 g/mol. The number of hydrazine groups is 1. The van der Waals surface area contributed by atoms with Gasteiger partial charge in [-0.25, -0.2) is 5.01 Å². The predicted molar refractivity (Wildman–Crippen MR) is 53.8 cm³/mol. The third kappa shape index (κ3) is 3.66. The molecule has 1 fully saturated rings. The molecule has 6 heteroatoms. The second kappa shape index (κ2) is 6.27. The van der Waals surface area contributed by atoms with Gasteiger partial charge in [-0.15, -0.1) is 12.6 Å². The summed E-state index contributed by atoms with van der Waals surface area (Å²) in [5.41, 5.74) is 0. The van der Waals surface area contributed by atoms with Gasteiger partial charge in [0.25, 0.3) is 0 Å². The van der Waals surface area contributed by atoms with Crippen molar-refractivity contribution in [2.75, 3.05) is 33.2 Å². The summed E-state index contributed by atoms with van der Waals surface area (Å²) in [5.74, 6) is 0. The quantitative estimate of drug-likeness (QED) is 0.389. The molecule has 0 unspecified atom stereocenters. The molecule has 0 spiro atoms. The van der Waals surface area contributed by atoms with E-state index >= 15 is 0 Å². The molecule has 0 amide bonds. The molecule has 1 saturated heterocycles. The first-order valence-electron chi connectivity index (χ1n) is 3.64. The number of hydrogen-bond acceptors (Lipinski definition) is 3. The van der Waals surface area contributed by atoms with E-state index in [1.54, 1.807) is 0 Å². The first-order valence-corrected chi connectivity index (χ1v) is 4.49. The van der Waals surface area contributed by atoms with E-state index in [2.05, 4.69) is 23.0 Å². The van der Waals surface area contributed by atoms with Gasteiger partial charge in [-0.05, 0) is 0 Å². The fraction of sp³-hybridized carbons (Fsp3) is 0.833. The Labute approximate surface area is 97.0 Å². The Morgan fingerprint density at radius 3 is 2.42 bits per heavy atom. The molecule has 1 N–H and O–H groups in total. The van der Waals surface area contributed by atoms with Gasteiger partial charge in [0, 0.05) is 52.7 Å². The van der Waals surface area contributed by atoms with E-state index in [-0.39, 0.29) is 19.5 Å². The molecule has 1 heterocycles. The molecule has 0 radical (unpaired) electrons. The molecule has 3 nitrogen and oxygen atoms in total. The monoisotopic (exact) mass is 255 g/mol. The fourth-order valence-corrected chi connectivity index (χ4v) is 1.32. The minimum atomic E-state index is 0. The molecule has 0 saturated carbocycles. The van der Waals surface area contributed by atoms with Crippen molar-refractivity contribution in [1.29, 1.82) is 0 Å². The molecule has 0 aromatic carbocycles. The van der Waals surface area contributed by atoms with Gasteiger partial charge in [-0.2, -0.15) is 0 Å². The van der Waals surface area contributed by atoms with Crippen LogP contribution in [0.15, 0.2) is 0 Å². The summed E-state index contributed by atoms with van der Waals surface area (Å²) in [6.07, 6.45) is 0. The van der Waals surface area contributed by atoms with Gasteiger partial charge in [0.2, 0.25) is 0 Å². The van der Waals surface area contributed by atoms with Crippen molar-refractivity contribution in [3.05, 3.63) is 0 Å². The van der Waals surface area contributed by atoms with E-state index in [4.69, 9.17) is 12.2 Å². The largest absolute Gasteiger partial charge is 0.314 e. The van der Waals surface area contributed by atoms with Crippen LogP contribution in [0, 0.1) is 0 Å². The van der Waals surface area contributed by atoms with Gasteiger partial charge >= 0.3 is 0 Å². The van der Waals surface area contributed by atoms with Gasteiger partial charge < -0.3 is 5.32 Å². The van der Waals surface area contributed by atoms with Crippen LogP contribution >= 0.6 is 24.8 Å². The average Bonchev–Trinajstić information content (AvgIpc) is 2.05. The predicted octanol–water partition coefficient (Wildman–Crippen LogP) is -0.0494. The van der Waals surface area contributed by atoms with Crippen LogP contribution < -0.4 is 5.32 Å². The number of rotatable bonds is 1. The number of thiol groups is 1. The van der Waals surface area contributed by atoms with Crippen molar-refractivity contribution < 1.29 is 19.5 Å². The summed E-state index contributed by atoms with van der Waals surface area (Å²) < 4.78 is 0.631. The minimum absolute atomic E-state index is 0. The van der Waals surface area contributed by atoms with Crippen LogP contribution in [0.2, 0.25) is 0 Å². The number of thiocarbonyl (C=S) groups is 1. The smallest absolute Gasteiger partial charge is 0.147 e. The van der Waals surface area contributed by atoms with Crippen molar-refractivity contribution >= 4 is 29.2 Å². The Morgan fingerprint density at radius 2 is 2.00 bits per heavy atom. The maximum atomic E-state index is 4.93. The Hall–Kier alpha value is 0.783. The number of nitrogens with zero attached hydrogens (tertiary/aromatic N) is 2. The Balaban J connectivity index is 0.00000121. The summed E-state index contributed by atoms with van der Waals surface area (Å²) in [5, 5.41) is 7.37. The number of piperazine rings is 1. The minimum Gasteiger partial charge on any atom is -0.314 e. The van der Waals surface area contributed by atoms with Crippen LogP contribution in [-0.2, 0) is 19.5 Å². The second-order valence-electron chi connectivity index (χ2n) is 2.51. The molecular formula is C6H13N3S2Zn. The summed E-state index contributed by atoms with van der Waals surface area (Å²) in [7, 11) is 1.95. The van der Waals surface area contributed by atoms with Crippen LogP contribution in [0.3, 0.4) is 0 Å². The molecule has 66 valence electrons. The molecule has 1 rings (SSSR count). The van der Waals surface area contributed by atoms with E-state index in [1.807, 2.05) is 12.1 Å². The van der Waals surface area contributed by atoms with E-state index in [0.29, 0.717) is 4.32 Å². The normalized spacial score (nSPS) is 18.2. The third-order valence-corrected chi connectivity index (χ3v) is 2.35. The van der Waals surface area contributed by atoms with Crippen molar-refractivity contribution in [3.63, 3.8) is 0 Å². The van der Waals surface area contributed by atoms with Crippen LogP contribution in [0.5, 0.6) is 0 Å². The van der Waals surface area contributed by atoms with Crippen LogP contribution in [0.1, 0.15) is 0 Å². The number of hydrogen-bond donors (Lipinski definition) is 2. The SMILES string of the molecule is CN(C(=S)S)N1CCNCC1.[Zn]. The fourth-order valence-electron chi connectivity index (χ4n) is 1.07. The Bertz CT molecular complexity index is 150. The number of nitrogens with one attached hydrogen (secondary N) is 1. The third-order valence-electron chi connectivity index (χ3n) is 1.79. The molecule has 0 atom stereocenters. The molecule has 12 heavy (non-hydrogen) atoms. The molecule has 0 aromatic rings. The second-order valence-corrected chi connectivity index (χ2v) is 3.62. The van der Waals surface area contributed by atoms with E-state index in [9.17, 15) is 0 Å². The summed E-state index contributed by atoms with van der Waals surface area (Å²) in [6.45, 7) is 4.08. The van der Waals surface area contributed by atoms with Gasteiger partial charge in [0.1, 0.15) is 4.32 Å². The Morgan fingerprint density at radius 1 is 1.50 bits per heavy atom. The topological polar surface area (TPSA) is 18.5 Å². The molecule has 1 aliphatic heterocycles. The van der Waals surface area contributed by atoms with Gasteiger partial charge in [-0.3, -0.25) is 5.01 Å². The molecule has 0 aliphatic carbocycles. The van der Waals surface area contributed by atoms with Crippen molar-refractivity contribution in [3.8, 4) is 0 Å². The van der Waals surface area contributed by atoms with Crippen molar-refractivity contribution in [1.82, 2.24) is 15.3 Å². The zero-order valence-corrected chi connectivity index (χ0v) is 12.0. The first-order chi connectivity index (χ1) is 5.22. The maximum absolute atomic E-state index is 4.93. The maximum Gasteiger partial charge on any atom is 0.147 e. The summed E-state index contributed by atoms with van der Waals surface area (Å²) >= 11 is 9.03. The van der Waals surface area contributed by atoms with Crippen molar-refractivity contribution in [2.45, 2.75) is 0 Å². The van der Waals surface area contributed by atoms with Gasteiger partial charge in [0.15, 0.2) is 0 Å². The molecule has 0 bridgehead atoms. The zero-order chi connectivity index (χ0) is 8.27.